The number of piperazine rings is 1. The van der Waals surface area contributed by atoms with Crippen LogP contribution in [-0.4, -0.2) is 61.2 Å². The molecular weight excluding hydrogens is 571 g/mol. The van der Waals surface area contributed by atoms with Gasteiger partial charge in [-0.3, -0.25) is 4.55 Å². The second kappa shape index (κ2) is 12.7. The van der Waals surface area contributed by atoms with Crippen molar-refractivity contribution in [3.63, 3.8) is 0 Å². The van der Waals surface area contributed by atoms with Crippen LogP contribution in [-0.2, 0) is 22.5 Å². The molecule has 0 aliphatic carbocycles. The molecule has 0 aromatic heterocycles. The molecule has 2 atom stereocenters. The normalized spacial score (nSPS) is 17.1. The van der Waals surface area contributed by atoms with E-state index < -0.39 is 57.5 Å². The highest BCUT2D eigenvalue weighted by molar-refractivity contribution is 7.85. The smallest absolute Gasteiger partial charge is 0.321 e. The van der Waals surface area contributed by atoms with Crippen LogP contribution in [0.5, 0.6) is 0 Å². The molecule has 2 N–H and O–H groups in total. The Bertz CT molecular complexity index is 1270. The van der Waals surface area contributed by atoms with Crippen LogP contribution in [0.3, 0.4) is 0 Å². The van der Waals surface area contributed by atoms with Crippen molar-refractivity contribution in [2.45, 2.75) is 45.2 Å². The molecule has 3 rings (SSSR count). The van der Waals surface area contributed by atoms with Gasteiger partial charge in [-0.25, -0.2) is 9.18 Å². The molecule has 2 aromatic carbocycles. The maximum Gasteiger partial charge on any atom is 0.416 e. The van der Waals surface area contributed by atoms with E-state index in [-0.39, 0.29) is 23.9 Å². The van der Waals surface area contributed by atoms with Gasteiger partial charge in [0.25, 0.3) is 10.1 Å². The summed E-state index contributed by atoms with van der Waals surface area (Å²) < 4.78 is 120. The van der Waals surface area contributed by atoms with Gasteiger partial charge in [0.2, 0.25) is 0 Å². The van der Waals surface area contributed by atoms with Crippen molar-refractivity contribution in [3.8, 4) is 0 Å². The van der Waals surface area contributed by atoms with Gasteiger partial charge < -0.3 is 15.1 Å². The number of carbonyl (C=O) groups is 1. The predicted molar refractivity (Wildman–Crippen MR) is 134 cm³/mol. The van der Waals surface area contributed by atoms with Crippen molar-refractivity contribution in [1.29, 1.82) is 0 Å². The van der Waals surface area contributed by atoms with Crippen LogP contribution >= 0.6 is 0 Å². The van der Waals surface area contributed by atoms with Gasteiger partial charge in [0.15, 0.2) is 0 Å². The third-order valence-electron chi connectivity index (χ3n) is 6.42. The molecule has 40 heavy (non-hydrogen) atoms. The lowest BCUT2D eigenvalue weighted by Gasteiger charge is -2.40. The molecule has 1 saturated heterocycles. The molecule has 0 unspecified atom stereocenters. The minimum atomic E-state index is -4.98. The largest absolute Gasteiger partial charge is 0.416 e. The van der Waals surface area contributed by atoms with E-state index in [1.807, 2.05) is 0 Å². The number of amides is 2. The molecular formula is C25H30F7N3O4S. The van der Waals surface area contributed by atoms with E-state index in [0.717, 1.165) is 4.90 Å². The summed E-state index contributed by atoms with van der Waals surface area (Å²) in [5.41, 5.74) is -1.85. The molecule has 0 spiro atoms. The molecule has 0 radical (unpaired) electrons. The number of urea groups is 1. The Kier molecular flexibility index (Phi) is 10.6. The molecule has 15 heteroatoms. The Morgan fingerprint density at radius 2 is 1.62 bits per heavy atom. The van der Waals surface area contributed by atoms with Crippen LogP contribution < -0.4 is 5.32 Å². The fourth-order valence-corrected chi connectivity index (χ4v) is 4.04. The number of hydrogen-bond donors (Lipinski definition) is 2. The van der Waals surface area contributed by atoms with Crippen LogP contribution in [0.2, 0.25) is 0 Å². The zero-order valence-electron chi connectivity index (χ0n) is 22.1. The molecule has 1 aliphatic rings. The SMILES string of the molecule is CCS(=O)(=O)O.Cc1cc(F)ccc1[C@H]1CNCCN1C(=O)N(C)[C@H](C)c1cc(C(F)(F)F)cc(C(F)(F)F)c1. The zero-order valence-corrected chi connectivity index (χ0v) is 22.9. The number of hydrogen-bond acceptors (Lipinski definition) is 4. The standard InChI is InChI=1S/C23H24F7N3O.C2H6O3S/c1-13-8-18(24)4-5-19(13)20-12-31-6-7-33(20)21(34)32(3)14(2)15-9-16(22(25,26)27)11-17(10-15)23(28,29)30;1-2-6(3,4)5/h4-5,8-11,14,20,31H,6-7,12H2,1-3H3;2H2,1H3,(H,3,4,5)/t14-,20-;/m1./s1. The number of carbonyl (C=O) groups excluding carboxylic acids is 1. The van der Waals surface area contributed by atoms with Crippen LogP contribution in [0, 0.1) is 12.7 Å². The first-order valence-electron chi connectivity index (χ1n) is 12.0. The highest BCUT2D eigenvalue weighted by Gasteiger charge is 2.38. The number of aryl methyl sites for hydroxylation is 1. The Morgan fingerprint density at radius 3 is 2.08 bits per heavy atom. The maximum atomic E-state index is 13.6. The van der Waals surface area contributed by atoms with Crippen molar-refractivity contribution < 1.29 is 48.5 Å². The zero-order chi connectivity index (χ0) is 30.6. The minimum absolute atomic E-state index is 0.0572. The summed E-state index contributed by atoms with van der Waals surface area (Å²) in [6.45, 7) is 5.51. The summed E-state index contributed by atoms with van der Waals surface area (Å²) in [7, 11) is -2.33. The maximum absolute atomic E-state index is 13.6. The molecule has 0 saturated carbocycles. The second-order valence-corrected chi connectivity index (χ2v) is 10.9. The van der Waals surface area contributed by atoms with Crippen LogP contribution in [0.1, 0.15) is 53.7 Å². The first-order chi connectivity index (χ1) is 18.3. The van der Waals surface area contributed by atoms with Gasteiger partial charge in [-0.2, -0.15) is 34.8 Å². The van der Waals surface area contributed by atoms with E-state index in [1.54, 1.807) is 13.0 Å². The Hall–Kier alpha value is -2.91. The van der Waals surface area contributed by atoms with Crippen molar-refractivity contribution in [1.82, 2.24) is 15.1 Å². The van der Waals surface area contributed by atoms with E-state index in [9.17, 15) is 43.9 Å². The molecule has 2 amide bonds. The van der Waals surface area contributed by atoms with E-state index in [0.29, 0.717) is 36.3 Å². The number of nitrogens with zero attached hydrogens (tertiary/aromatic N) is 2. The summed E-state index contributed by atoms with van der Waals surface area (Å²) in [4.78, 5) is 16.0. The lowest BCUT2D eigenvalue weighted by atomic mass is 9.98. The van der Waals surface area contributed by atoms with E-state index in [1.165, 1.54) is 37.9 Å². The number of halogens is 7. The Morgan fingerprint density at radius 1 is 1.10 bits per heavy atom. The van der Waals surface area contributed by atoms with Gasteiger partial charge in [-0.1, -0.05) is 6.07 Å². The number of rotatable bonds is 4. The van der Waals surface area contributed by atoms with E-state index in [4.69, 9.17) is 4.55 Å². The monoisotopic (exact) mass is 601 g/mol. The molecule has 0 bridgehead atoms. The Labute approximate surface area is 227 Å². The lowest BCUT2D eigenvalue weighted by molar-refractivity contribution is -0.143. The molecule has 1 heterocycles. The highest BCUT2D eigenvalue weighted by Crippen LogP contribution is 2.38. The van der Waals surface area contributed by atoms with Gasteiger partial charge in [-0.05, 0) is 67.8 Å². The Balaban J connectivity index is 0.000000840. The highest BCUT2D eigenvalue weighted by atomic mass is 32.2. The summed E-state index contributed by atoms with van der Waals surface area (Å²) in [6.07, 6.45) is -9.97. The van der Waals surface area contributed by atoms with Crippen molar-refractivity contribution >= 4 is 16.1 Å². The van der Waals surface area contributed by atoms with E-state index in [2.05, 4.69) is 5.32 Å². The summed E-state index contributed by atoms with van der Waals surface area (Å²) >= 11 is 0. The third kappa shape index (κ3) is 8.80. The quantitative estimate of drug-likeness (QED) is 0.340. The van der Waals surface area contributed by atoms with E-state index >= 15 is 0 Å². The van der Waals surface area contributed by atoms with Gasteiger partial charge in [0, 0.05) is 26.7 Å². The van der Waals surface area contributed by atoms with Crippen LogP contribution in [0.4, 0.5) is 35.5 Å². The molecule has 224 valence electrons. The van der Waals surface area contributed by atoms with Gasteiger partial charge in [0.05, 0.1) is 29.0 Å². The minimum Gasteiger partial charge on any atom is -0.321 e. The molecule has 1 aliphatic heterocycles. The van der Waals surface area contributed by atoms with Gasteiger partial charge >= 0.3 is 18.4 Å². The predicted octanol–water partition coefficient (Wildman–Crippen LogP) is 5.83. The van der Waals surface area contributed by atoms with Crippen LogP contribution in [0.15, 0.2) is 36.4 Å². The average molecular weight is 602 g/mol. The molecule has 7 nitrogen and oxygen atoms in total. The van der Waals surface area contributed by atoms with Crippen molar-refractivity contribution in [2.24, 2.45) is 0 Å². The van der Waals surface area contributed by atoms with Crippen molar-refractivity contribution in [2.75, 3.05) is 32.4 Å². The average Bonchev–Trinajstić information content (AvgIpc) is 2.86. The third-order valence-corrected chi connectivity index (χ3v) is 7.15. The van der Waals surface area contributed by atoms with Crippen molar-refractivity contribution in [3.05, 3.63) is 70.0 Å². The lowest BCUT2D eigenvalue weighted by Crippen LogP contribution is -2.52. The van der Waals surface area contributed by atoms with Crippen LogP contribution in [0.25, 0.3) is 0 Å². The fourth-order valence-electron chi connectivity index (χ4n) is 4.04. The topological polar surface area (TPSA) is 90.0 Å². The first kappa shape index (κ1) is 33.3. The second-order valence-electron chi connectivity index (χ2n) is 9.19. The van der Waals surface area contributed by atoms with Gasteiger partial charge in [-0.15, -0.1) is 0 Å². The summed E-state index contributed by atoms with van der Waals surface area (Å²) in [6, 6.07) is 3.36. The number of alkyl halides is 6. The number of nitrogens with one attached hydrogen (secondary N) is 1. The summed E-state index contributed by atoms with van der Waals surface area (Å²) in [5.74, 6) is -0.633. The molecule has 1 fully saturated rings. The number of benzene rings is 2. The summed E-state index contributed by atoms with van der Waals surface area (Å²) in [5, 5.41) is 3.15. The van der Waals surface area contributed by atoms with Gasteiger partial charge in [0.1, 0.15) is 5.82 Å². The fraction of sp³-hybridized carbons (Fsp3) is 0.480. The molecule has 2 aromatic rings. The first-order valence-corrected chi connectivity index (χ1v) is 13.6.